The zero-order valence-corrected chi connectivity index (χ0v) is 14.0. The van der Waals surface area contributed by atoms with Gasteiger partial charge in [-0.15, -0.1) is 0 Å². The average Bonchev–Trinajstić information content (AvgIpc) is 2.59. The molecule has 0 amide bonds. The second-order valence-corrected chi connectivity index (χ2v) is 7.93. The summed E-state index contributed by atoms with van der Waals surface area (Å²) in [6, 6.07) is 31.6. The largest absolute Gasteiger partial charge is 1.00 e. The van der Waals surface area contributed by atoms with Gasteiger partial charge in [0.15, 0.2) is 0 Å². The van der Waals surface area contributed by atoms with E-state index in [1.165, 1.54) is 15.9 Å². The lowest BCUT2D eigenvalue weighted by atomic mass is 10.4. The van der Waals surface area contributed by atoms with Crippen molar-refractivity contribution in [2.45, 2.75) is 0 Å². The van der Waals surface area contributed by atoms with Crippen LogP contribution in [0.25, 0.3) is 0 Å². The van der Waals surface area contributed by atoms with Crippen LogP contribution in [0.4, 0.5) is 0 Å². The number of hydrogen-bond acceptors (Lipinski definition) is 1. The Morgan fingerprint density at radius 2 is 0.818 bits per heavy atom. The van der Waals surface area contributed by atoms with Crippen molar-refractivity contribution in [2.24, 2.45) is 0 Å². The first-order chi connectivity index (χ1) is 10.4. The van der Waals surface area contributed by atoms with Gasteiger partial charge in [-0.05, 0) is 36.4 Å². The highest BCUT2D eigenvalue weighted by molar-refractivity contribution is 7.91. The van der Waals surface area contributed by atoms with E-state index in [4.69, 9.17) is 4.52 Å². The van der Waals surface area contributed by atoms with Gasteiger partial charge in [-0.25, -0.2) is 4.52 Å². The van der Waals surface area contributed by atoms with Crippen LogP contribution in [0.3, 0.4) is 0 Å². The van der Waals surface area contributed by atoms with E-state index in [0.717, 1.165) is 0 Å². The minimum atomic E-state index is -2.03. The fourth-order valence-corrected chi connectivity index (χ4v) is 5.98. The average molecular weight is 329 g/mol. The lowest BCUT2D eigenvalue weighted by Gasteiger charge is -2.23. The quantitative estimate of drug-likeness (QED) is 0.636. The van der Waals surface area contributed by atoms with Crippen molar-refractivity contribution < 1.29 is 16.9 Å². The summed E-state index contributed by atoms with van der Waals surface area (Å²) in [5.74, 6) is 0. The van der Waals surface area contributed by atoms with E-state index in [1.807, 2.05) is 25.3 Å². The number of rotatable bonds is 4. The maximum Gasteiger partial charge on any atom is 0.241 e. The normalized spacial score (nSPS) is 10.8. The summed E-state index contributed by atoms with van der Waals surface area (Å²) in [5, 5.41) is 3.72. The van der Waals surface area contributed by atoms with E-state index in [1.54, 1.807) is 0 Å². The van der Waals surface area contributed by atoms with E-state index in [9.17, 15) is 0 Å². The van der Waals surface area contributed by atoms with Crippen molar-refractivity contribution >= 4 is 23.4 Å². The minimum absolute atomic E-state index is 0. The molecule has 0 saturated heterocycles. The first-order valence-corrected chi connectivity index (χ1v) is 8.70. The first kappa shape index (κ1) is 16.7. The molecule has 0 aliphatic rings. The van der Waals surface area contributed by atoms with E-state index >= 15 is 0 Å². The smallest absolute Gasteiger partial charge is 0.241 e. The summed E-state index contributed by atoms with van der Waals surface area (Å²) in [6.45, 7) is 0. The molecule has 0 fully saturated rings. The molecule has 0 aliphatic carbocycles. The highest BCUT2D eigenvalue weighted by Crippen LogP contribution is 2.55. The highest BCUT2D eigenvalue weighted by Gasteiger charge is 2.46. The van der Waals surface area contributed by atoms with Crippen molar-refractivity contribution in [3.63, 3.8) is 0 Å². The topological polar surface area (TPSA) is 9.23 Å². The molecule has 3 heteroatoms. The van der Waals surface area contributed by atoms with Crippen LogP contribution >= 0.6 is 7.49 Å². The van der Waals surface area contributed by atoms with Crippen LogP contribution in [-0.4, -0.2) is 7.11 Å². The first-order valence-electron chi connectivity index (χ1n) is 6.99. The van der Waals surface area contributed by atoms with Crippen LogP contribution < -0.4 is 28.3 Å². The summed E-state index contributed by atoms with van der Waals surface area (Å²) in [6.07, 6.45) is 0. The molecule has 0 bridgehead atoms. The molecule has 1 nitrogen and oxygen atoms in total. The zero-order valence-electron chi connectivity index (χ0n) is 12.4. The Labute approximate surface area is 138 Å². The van der Waals surface area contributed by atoms with Crippen LogP contribution in [0, 0.1) is 0 Å². The number of hydrogen-bond donors (Lipinski definition) is 0. The zero-order chi connectivity index (χ0) is 14.5. The van der Waals surface area contributed by atoms with Gasteiger partial charge in [-0.1, -0.05) is 54.6 Å². The molecule has 112 valence electrons. The van der Waals surface area contributed by atoms with Gasteiger partial charge < -0.3 is 12.4 Å². The Morgan fingerprint density at radius 1 is 0.545 bits per heavy atom. The van der Waals surface area contributed by atoms with Crippen molar-refractivity contribution in [3.8, 4) is 0 Å². The van der Waals surface area contributed by atoms with Gasteiger partial charge >= 0.3 is 0 Å². The minimum Gasteiger partial charge on any atom is -1.00 e. The molecule has 0 radical (unpaired) electrons. The summed E-state index contributed by atoms with van der Waals surface area (Å²) < 4.78 is 6.21. The molecular weight excluding hydrogens is 311 g/mol. The van der Waals surface area contributed by atoms with Crippen molar-refractivity contribution in [3.05, 3.63) is 91.0 Å². The van der Waals surface area contributed by atoms with Gasteiger partial charge in [-0.2, -0.15) is 0 Å². The van der Waals surface area contributed by atoms with Crippen molar-refractivity contribution in [1.29, 1.82) is 0 Å². The molecule has 0 atom stereocenters. The molecular formula is C19H18ClOP. The van der Waals surface area contributed by atoms with Crippen LogP contribution in [0.5, 0.6) is 0 Å². The lowest BCUT2D eigenvalue weighted by Crippen LogP contribution is -3.00. The Bertz CT molecular complexity index is 590. The van der Waals surface area contributed by atoms with Gasteiger partial charge in [-0.3, -0.25) is 0 Å². The van der Waals surface area contributed by atoms with Gasteiger partial charge in [0.2, 0.25) is 7.49 Å². The van der Waals surface area contributed by atoms with Crippen LogP contribution in [0.1, 0.15) is 0 Å². The predicted molar refractivity (Wildman–Crippen MR) is 92.2 cm³/mol. The summed E-state index contributed by atoms with van der Waals surface area (Å²) in [5.41, 5.74) is 0. The van der Waals surface area contributed by atoms with E-state index in [0.29, 0.717) is 0 Å². The third kappa shape index (κ3) is 2.94. The van der Waals surface area contributed by atoms with E-state index in [-0.39, 0.29) is 12.4 Å². The molecule has 0 aromatic heterocycles. The maximum atomic E-state index is 6.21. The Hall–Kier alpha value is -1.66. The van der Waals surface area contributed by atoms with Crippen molar-refractivity contribution in [2.75, 3.05) is 7.11 Å². The fraction of sp³-hybridized carbons (Fsp3) is 0.0526. The molecule has 3 aromatic rings. The Balaban J connectivity index is 0.00000176. The molecule has 0 saturated carbocycles. The maximum absolute atomic E-state index is 6.21. The number of benzene rings is 3. The molecule has 0 spiro atoms. The SMILES string of the molecule is CO[P+](c1ccccc1)(c1ccccc1)c1ccccc1.[Cl-]. The fourth-order valence-electron chi connectivity index (χ4n) is 2.68. The molecule has 0 aliphatic heterocycles. The Kier molecular flexibility index (Phi) is 5.74. The van der Waals surface area contributed by atoms with Crippen LogP contribution in [0.15, 0.2) is 91.0 Å². The monoisotopic (exact) mass is 328 g/mol. The van der Waals surface area contributed by atoms with Crippen molar-refractivity contribution in [1.82, 2.24) is 0 Å². The molecule has 22 heavy (non-hydrogen) atoms. The summed E-state index contributed by atoms with van der Waals surface area (Å²) >= 11 is 0. The summed E-state index contributed by atoms with van der Waals surface area (Å²) in [7, 11) is -0.214. The highest BCUT2D eigenvalue weighted by atomic mass is 35.5. The van der Waals surface area contributed by atoms with Crippen LogP contribution in [-0.2, 0) is 4.52 Å². The molecule has 0 heterocycles. The summed E-state index contributed by atoms with van der Waals surface area (Å²) in [4.78, 5) is 0. The third-order valence-electron chi connectivity index (χ3n) is 3.63. The second-order valence-electron chi connectivity index (χ2n) is 4.80. The van der Waals surface area contributed by atoms with E-state index < -0.39 is 7.49 Å². The van der Waals surface area contributed by atoms with Gasteiger partial charge in [0.05, 0.1) is 7.11 Å². The molecule has 3 aromatic carbocycles. The van der Waals surface area contributed by atoms with E-state index in [2.05, 4.69) is 72.8 Å². The van der Waals surface area contributed by atoms with Gasteiger partial charge in [0.25, 0.3) is 0 Å². The van der Waals surface area contributed by atoms with Gasteiger partial charge in [0.1, 0.15) is 15.9 Å². The third-order valence-corrected chi connectivity index (χ3v) is 7.26. The number of halogens is 1. The Morgan fingerprint density at radius 3 is 1.05 bits per heavy atom. The van der Waals surface area contributed by atoms with Crippen LogP contribution in [0.2, 0.25) is 0 Å². The lowest BCUT2D eigenvalue weighted by molar-refractivity contribution is -0.00000448. The standard InChI is InChI=1S/C19H18OP.ClH/c1-20-21(17-11-5-2-6-12-17,18-13-7-3-8-14-18)19-15-9-4-10-16-19;/h2-16H,1H3;1H/q+1;/p-1. The second kappa shape index (κ2) is 7.56. The van der Waals surface area contributed by atoms with Gasteiger partial charge in [0, 0.05) is 0 Å². The predicted octanol–water partition coefficient (Wildman–Crippen LogP) is 0.546. The molecule has 0 N–H and O–H groups in total. The molecule has 3 rings (SSSR count). The molecule has 0 unspecified atom stereocenters.